The molecule has 0 N–H and O–H groups in total. The maximum Gasteiger partial charge on any atom is 0.0247 e. The first-order chi connectivity index (χ1) is 4.72. The summed E-state index contributed by atoms with van der Waals surface area (Å²) in [5.74, 6) is 0. The molecule has 3 heteroatoms. The smallest absolute Gasteiger partial charge is 0.0247 e. The molecule has 0 saturated heterocycles. The molecule has 0 amide bonds. The van der Waals surface area contributed by atoms with Crippen LogP contribution in [0.25, 0.3) is 0 Å². The van der Waals surface area contributed by atoms with Crippen molar-refractivity contribution in [2.75, 3.05) is 0 Å². The average molecular weight is 238 g/mol. The summed E-state index contributed by atoms with van der Waals surface area (Å²) in [6.07, 6.45) is 0. The number of hydrogen-bond donors (Lipinski definition) is 0. The minimum absolute atomic E-state index is 1.08. The van der Waals surface area contributed by atoms with E-state index in [2.05, 4.69) is 22.0 Å². The zero-order valence-electron chi connectivity index (χ0n) is 5.40. The Balaban J connectivity index is 3.06. The van der Waals surface area contributed by atoms with Gasteiger partial charge in [0.25, 0.3) is 0 Å². The molecule has 0 spiro atoms. The lowest BCUT2D eigenvalue weighted by Gasteiger charge is -1.97. The summed E-state index contributed by atoms with van der Waals surface area (Å²) in [5.41, 5.74) is 1.22. The van der Waals surface area contributed by atoms with Crippen molar-refractivity contribution < 1.29 is 0 Å². The van der Waals surface area contributed by atoms with Crippen molar-refractivity contribution >= 4 is 37.6 Å². The molecule has 0 unspecified atom stereocenters. The van der Waals surface area contributed by atoms with Crippen molar-refractivity contribution in [2.45, 2.75) is 11.8 Å². The number of benzene rings is 1. The standard InChI is InChI=1S/C7H6BrClS/c1-5-2-6(8)4-7(3-5)10-9/h2-4H,1H3. The molecule has 0 aliphatic rings. The maximum absolute atomic E-state index is 5.57. The van der Waals surface area contributed by atoms with Crippen molar-refractivity contribution in [3.05, 3.63) is 28.2 Å². The van der Waals surface area contributed by atoms with Gasteiger partial charge in [0.2, 0.25) is 0 Å². The third-order valence-electron chi connectivity index (χ3n) is 1.10. The van der Waals surface area contributed by atoms with Crippen molar-refractivity contribution in [1.29, 1.82) is 0 Å². The molecule has 1 rings (SSSR count). The average Bonchev–Trinajstić information content (AvgIpc) is 1.85. The molecule has 0 aromatic heterocycles. The van der Waals surface area contributed by atoms with Crippen LogP contribution in [-0.2, 0) is 0 Å². The van der Waals surface area contributed by atoms with E-state index in [1.165, 1.54) is 16.5 Å². The van der Waals surface area contributed by atoms with Gasteiger partial charge >= 0.3 is 0 Å². The van der Waals surface area contributed by atoms with Gasteiger partial charge in [0.05, 0.1) is 0 Å². The van der Waals surface area contributed by atoms with Crippen LogP contribution in [0.4, 0.5) is 0 Å². The predicted molar refractivity (Wildman–Crippen MR) is 50.6 cm³/mol. The molecule has 10 heavy (non-hydrogen) atoms. The van der Waals surface area contributed by atoms with Crippen LogP contribution in [0.1, 0.15) is 5.56 Å². The van der Waals surface area contributed by atoms with Crippen LogP contribution in [0.15, 0.2) is 27.6 Å². The van der Waals surface area contributed by atoms with Gasteiger partial charge in [-0.3, -0.25) is 0 Å². The van der Waals surface area contributed by atoms with Gasteiger partial charge in [0.15, 0.2) is 0 Å². The Labute approximate surface area is 77.6 Å². The van der Waals surface area contributed by atoms with E-state index in [0.29, 0.717) is 0 Å². The first kappa shape index (κ1) is 8.44. The summed E-state index contributed by atoms with van der Waals surface area (Å²) >= 11 is 3.38. The van der Waals surface area contributed by atoms with Crippen LogP contribution < -0.4 is 0 Å². The van der Waals surface area contributed by atoms with Crippen LogP contribution in [-0.4, -0.2) is 0 Å². The molecule has 0 aliphatic carbocycles. The summed E-state index contributed by atoms with van der Waals surface area (Å²) in [4.78, 5) is 1.08. The highest BCUT2D eigenvalue weighted by molar-refractivity contribution is 9.10. The topological polar surface area (TPSA) is 0 Å². The van der Waals surface area contributed by atoms with E-state index in [-0.39, 0.29) is 0 Å². The highest BCUT2D eigenvalue weighted by atomic mass is 79.9. The molecule has 0 saturated carbocycles. The lowest BCUT2D eigenvalue weighted by Crippen LogP contribution is -1.73. The molecule has 0 nitrogen and oxygen atoms in total. The Hall–Kier alpha value is 0.340. The second kappa shape index (κ2) is 3.65. The molecule has 0 aliphatic heterocycles. The third kappa shape index (κ3) is 2.19. The maximum atomic E-state index is 5.57. The zero-order chi connectivity index (χ0) is 7.56. The molecule has 0 atom stereocenters. The molecular weight excluding hydrogens is 232 g/mol. The first-order valence-electron chi connectivity index (χ1n) is 2.78. The Kier molecular flexibility index (Phi) is 3.08. The summed E-state index contributed by atoms with van der Waals surface area (Å²) in [6, 6.07) is 6.09. The quantitative estimate of drug-likeness (QED) is 0.711. The van der Waals surface area contributed by atoms with E-state index in [1.54, 1.807) is 0 Å². The molecule has 0 fully saturated rings. The summed E-state index contributed by atoms with van der Waals surface area (Å²) in [6.45, 7) is 2.04. The van der Waals surface area contributed by atoms with E-state index in [9.17, 15) is 0 Å². The molecule has 1 aromatic carbocycles. The second-order valence-electron chi connectivity index (χ2n) is 2.04. The lowest BCUT2D eigenvalue weighted by atomic mass is 10.2. The van der Waals surface area contributed by atoms with Gasteiger partial charge in [-0.05, 0) is 52.3 Å². The van der Waals surface area contributed by atoms with Crippen molar-refractivity contribution in [2.24, 2.45) is 0 Å². The zero-order valence-corrected chi connectivity index (χ0v) is 8.55. The van der Waals surface area contributed by atoms with E-state index >= 15 is 0 Å². The van der Waals surface area contributed by atoms with E-state index in [0.717, 1.165) is 9.37 Å². The van der Waals surface area contributed by atoms with E-state index in [1.807, 2.05) is 19.1 Å². The fraction of sp³-hybridized carbons (Fsp3) is 0.143. The van der Waals surface area contributed by atoms with Crippen molar-refractivity contribution in [3.63, 3.8) is 0 Å². The van der Waals surface area contributed by atoms with Gasteiger partial charge in [0.1, 0.15) is 0 Å². The van der Waals surface area contributed by atoms with E-state index in [4.69, 9.17) is 10.7 Å². The minimum Gasteiger partial charge on any atom is -0.0508 e. The number of rotatable bonds is 1. The van der Waals surface area contributed by atoms with Crippen LogP contribution in [0.5, 0.6) is 0 Å². The SMILES string of the molecule is Cc1cc(Br)cc(SCl)c1. The Morgan fingerprint density at radius 3 is 2.60 bits per heavy atom. The Morgan fingerprint density at radius 2 is 2.10 bits per heavy atom. The highest BCUT2D eigenvalue weighted by Crippen LogP contribution is 2.26. The first-order valence-corrected chi connectivity index (χ1v) is 5.22. The highest BCUT2D eigenvalue weighted by Gasteiger charge is 1.94. The Morgan fingerprint density at radius 1 is 1.40 bits per heavy atom. The van der Waals surface area contributed by atoms with Gasteiger partial charge in [-0.1, -0.05) is 15.9 Å². The van der Waals surface area contributed by atoms with Gasteiger partial charge < -0.3 is 0 Å². The fourth-order valence-electron chi connectivity index (χ4n) is 0.747. The van der Waals surface area contributed by atoms with Crippen LogP contribution >= 0.6 is 37.6 Å². The molecule has 0 bridgehead atoms. The predicted octanol–water partition coefficient (Wildman–Crippen LogP) is 4.00. The van der Waals surface area contributed by atoms with Gasteiger partial charge in [-0.25, -0.2) is 0 Å². The van der Waals surface area contributed by atoms with E-state index < -0.39 is 0 Å². The third-order valence-corrected chi connectivity index (χ3v) is 2.51. The van der Waals surface area contributed by atoms with Crippen molar-refractivity contribution in [3.8, 4) is 0 Å². The summed E-state index contributed by atoms with van der Waals surface area (Å²) in [7, 11) is 6.81. The van der Waals surface area contributed by atoms with Crippen molar-refractivity contribution in [1.82, 2.24) is 0 Å². The normalized spacial score (nSPS) is 9.90. The largest absolute Gasteiger partial charge is 0.0508 e. The van der Waals surface area contributed by atoms with Gasteiger partial charge in [-0.15, -0.1) is 0 Å². The summed E-state index contributed by atoms with van der Waals surface area (Å²) < 4.78 is 1.08. The summed E-state index contributed by atoms with van der Waals surface area (Å²) in [5, 5.41) is 0. The van der Waals surface area contributed by atoms with Crippen LogP contribution in [0.2, 0.25) is 0 Å². The monoisotopic (exact) mass is 236 g/mol. The fourth-order valence-corrected chi connectivity index (χ4v) is 2.18. The number of hydrogen-bond acceptors (Lipinski definition) is 1. The molecule has 0 heterocycles. The molecule has 54 valence electrons. The van der Waals surface area contributed by atoms with Crippen LogP contribution in [0.3, 0.4) is 0 Å². The minimum atomic E-state index is 1.08. The number of halogens is 2. The lowest BCUT2D eigenvalue weighted by molar-refractivity contribution is 1.35. The molecule has 1 aromatic rings. The number of aryl methyl sites for hydroxylation is 1. The molecular formula is C7H6BrClS. The van der Waals surface area contributed by atoms with Crippen LogP contribution in [0, 0.1) is 6.92 Å². The van der Waals surface area contributed by atoms with Gasteiger partial charge in [-0.2, -0.15) is 0 Å². The molecule has 0 radical (unpaired) electrons. The second-order valence-corrected chi connectivity index (χ2v) is 4.05. The Bertz CT molecular complexity index is 217. The van der Waals surface area contributed by atoms with Gasteiger partial charge in [0, 0.05) is 9.37 Å².